The van der Waals surface area contributed by atoms with Crippen LogP contribution in [0, 0.1) is 0 Å². The van der Waals surface area contributed by atoms with Gasteiger partial charge in [-0.25, -0.2) is 0 Å². The van der Waals surface area contributed by atoms with Gasteiger partial charge in [-0.3, -0.25) is 19.5 Å². The molecule has 0 saturated carbocycles. The zero-order valence-corrected chi connectivity index (χ0v) is 12.6. The molecule has 0 bridgehead atoms. The van der Waals surface area contributed by atoms with Crippen molar-refractivity contribution >= 4 is 27.7 Å². The molecule has 5 heteroatoms. The fraction of sp³-hybridized carbons (Fsp3) is 0.188. The maximum Gasteiger partial charge on any atom is 0.262 e. The van der Waals surface area contributed by atoms with Crippen LogP contribution in [0.5, 0.6) is 0 Å². The molecular formula is C16H11BrN2O2. The number of hydrogen-bond acceptors (Lipinski definition) is 3. The van der Waals surface area contributed by atoms with Crippen LogP contribution in [-0.4, -0.2) is 21.7 Å². The Balaban J connectivity index is 1.78. The number of amides is 2. The molecule has 0 N–H and O–H groups in total. The van der Waals surface area contributed by atoms with Crippen molar-refractivity contribution in [3.05, 3.63) is 63.4 Å². The van der Waals surface area contributed by atoms with E-state index in [-0.39, 0.29) is 17.9 Å². The van der Waals surface area contributed by atoms with E-state index in [0.29, 0.717) is 11.1 Å². The predicted molar refractivity (Wildman–Crippen MR) is 79.9 cm³/mol. The van der Waals surface area contributed by atoms with Crippen molar-refractivity contribution in [1.82, 2.24) is 9.88 Å². The number of aryl methyl sites for hydroxylation is 1. The van der Waals surface area contributed by atoms with Crippen LogP contribution in [-0.2, 0) is 6.42 Å². The Morgan fingerprint density at radius 3 is 2.48 bits per heavy atom. The Hall–Kier alpha value is -2.01. The van der Waals surface area contributed by atoms with Gasteiger partial charge in [0.1, 0.15) is 0 Å². The SMILES string of the molecule is O=C1c2ccccc2C(=O)N1C1CCc2cc(Br)cnc21. The number of nitrogens with zero attached hydrogens (tertiary/aromatic N) is 2. The molecule has 1 aromatic carbocycles. The molecule has 0 saturated heterocycles. The maximum absolute atomic E-state index is 12.5. The van der Waals surface area contributed by atoms with Gasteiger partial charge in [0.05, 0.1) is 22.9 Å². The lowest BCUT2D eigenvalue weighted by Gasteiger charge is -2.22. The fourth-order valence-corrected chi connectivity index (χ4v) is 3.54. The van der Waals surface area contributed by atoms with Crippen molar-refractivity contribution in [2.24, 2.45) is 0 Å². The number of pyridine rings is 1. The van der Waals surface area contributed by atoms with E-state index in [1.54, 1.807) is 30.5 Å². The monoisotopic (exact) mass is 342 g/mol. The summed E-state index contributed by atoms with van der Waals surface area (Å²) in [5.41, 5.74) is 2.93. The predicted octanol–water partition coefficient (Wildman–Crippen LogP) is 3.13. The first-order chi connectivity index (χ1) is 10.2. The third kappa shape index (κ3) is 1.77. The van der Waals surface area contributed by atoms with E-state index in [1.165, 1.54) is 4.90 Å². The van der Waals surface area contributed by atoms with Crippen molar-refractivity contribution in [3.8, 4) is 0 Å². The quantitative estimate of drug-likeness (QED) is 0.748. The molecule has 1 aromatic heterocycles. The van der Waals surface area contributed by atoms with Crippen molar-refractivity contribution in [1.29, 1.82) is 0 Å². The van der Waals surface area contributed by atoms with Crippen LogP contribution >= 0.6 is 15.9 Å². The number of carbonyl (C=O) groups is 2. The number of hydrogen-bond donors (Lipinski definition) is 0. The molecule has 2 amide bonds. The fourth-order valence-electron chi connectivity index (χ4n) is 3.16. The van der Waals surface area contributed by atoms with E-state index < -0.39 is 0 Å². The van der Waals surface area contributed by atoms with E-state index in [4.69, 9.17) is 0 Å². The van der Waals surface area contributed by atoms with Gasteiger partial charge in [0.15, 0.2) is 0 Å². The van der Waals surface area contributed by atoms with Crippen LogP contribution in [0.1, 0.15) is 44.4 Å². The summed E-state index contributed by atoms with van der Waals surface area (Å²) in [5.74, 6) is -0.420. The molecule has 0 radical (unpaired) electrons. The summed E-state index contributed by atoms with van der Waals surface area (Å²) < 4.78 is 0.921. The third-order valence-corrected chi connectivity index (χ3v) is 4.54. The Morgan fingerprint density at radius 2 is 1.81 bits per heavy atom. The second-order valence-corrected chi connectivity index (χ2v) is 6.19. The summed E-state index contributed by atoms with van der Waals surface area (Å²) >= 11 is 3.41. The van der Waals surface area contributed by atoms with Crippen molar-refractivity contribution in [2.75, 3.05) is 0 Å². The number of aromatic nitrogens is 1. The van der Waals surface area contributed by atoms with Crippen LogP contribution in [0.4, 0.5) is 0 Å². The van der Waals surface area contributed by atoms with Gasteiger partial charge in [-0.15, -0.1) is 0 Å². The first kappa shape index (κ1) is 12.7. The highest BCUT2D eigenvalue weighted by atomic mass is 79.9. The molecule has 0 fully saturated rings. The number of fused-ring (bicyclic) bond motifs is 2. The molecule has 1 unspecified atom stereocenters. The van der Waals surface area contributed by atoms with E-state index in [9.17, 15) is 9.59 Å². The van der Waals surface area contributed by atoms with E-state index in [0.717, 1.165) is 28.6 Å². The summed E-state index contributed by atoms with van der Waals surface area (Å²) in [6, 6.07) is 8.75. The summed E-state index contributed by atoms with van der Waals surface area (Å²) in [6.07, 6.45) is 3.29. The van der Waals surface area contributed by atoms with Gasteiger partial charge < -0.3 is 0 Å². The normalized spacial score (nSPS) is 19.9. The molecule has 4 nitrogen and oxygen atoms in total. The minimum atomic E-state index is -0.250. The standard InChI is InChI=1S/C16H11BrN2O2/c17-10-7-9-5-6-13(14(9)18-8-10)19-15(20)11-3-1-2-4-12(11)16(19)21/h1-4,7-8,13H,5-6H2. The Kier molecular flexibility index (Phi) is 2.72. The van der Waals surface area contributed by atoms with E-state index >= 15 is 0 Å². The van der Waals surface area contributed by atoms with Gasteiger partial charge in [0.25, 0.3) is 11.8 Å². The molecule has 4 rings (SSSR count). The van der Waals surface area contributed by atoms with Crippen LogP contribution in [0.15, 0.2) is 41.0 Å². The largest absolute Gasteiger partial charge is 0.269 e. The molecule has 21 heavy (non-hydrogen) atoms. The minimum Gasteiger partial charge on any atom is -0.269 e. The lowest BCUT2D eigenvalue weighted by Crippen LogP contribution is -2.33. The Labute approximate surface area is 129 Å². The van der Waals surface area contributed by atoms with Crippen LogP contribution < -0.4 is 0 Å². The second kappa shape index (κ2) is 4.49. The number of rotatable bonds is 1. The highest BCUT2D eigenvalue weighted by Gasteiger charge is 2.43. The number of imide groups is 1. The van der Waals surface area contributed by atoms with Gasteiger partial charge in [-0.2, -0.15) is 0 Å². The average molecular weight is 343 g/mol. The first-order valence-electron chi connectivity index (χ1n) is 6.78. The lowest BCUT2D eigenvalue weighted by atomic mass is 10.1. The summed E-state index contributed by atoms with van der Waals surface area (Å²) in [4.78, 5) is 30.9. The molecule has 0 spiro atoms. The number of benzene rings is 1. The summed E-state index contributed by atoms with van der Waals surface area (Å²) in [6.45, 7) is 0. The van der Waals surface area contributed by atoms with Crippen LogP contribution in [0.3, 0.4) is 0 Å². The minimum absolute atomic E-state index is 0.210. The van der Waals surface area contributed by atoms with E-state index in [2.05, 4.69) is 20.9 Å². The summed E-state index contributed by atoms with van der Waals surface area (Å²) in [7, 11) is 0. The molecule has 1 atom stereocenters. The molecular weight excluding hydrogens is 332 g/mol. The van der Waals surface area contributed by atoms with Crippen LogP contribution in [0.2, 0.25) is 0 Å². The van der Waals surface area contributed by atoms with Gasteiger partial charge >= 0.3 is 0 Å². The molecule has 1 aliphatic carbocycles. The average Bonchev–Trinajstić information content (AvgIpc) is 2.99. The smallest absolute Gasteiger partial charge is 0.262 e. The lowest BCUT2D eigenvalue weighted by molar-refractivity contribution is 0.0579. The molecule has 1 aliphatic heterocycles. The molecule has 2 aromatic rings. The number of carbonyl (C=O) groups excluding carboxylic acids is 2. The van der Waals surface area contributed by atoms with Gasteiger partial charge in [-0.05, 0) is 52.5 Å². The maximum atomic E-state index is 12.5. The zero-order valence-electron chi connectivity index (χ0n) is 11.0. The van der Waals surface area contributed by atoms with Crippen LogP contribution in [0.25, 0.3) is 0 Å². The van der Waals surface area contributed by atoms with Gasteiger partial charge in [0.2, 0.25) is 0 Å². The highest BCUT2D eigenvalue weighted by molar-refractivity contribution is 9.10. The van der Waals surface area contributed by atoms with Crippen molar-refractivity contribution in [2.45, 2.75) is 18.9 Å². The molecule has 2 heterocycles. The number of halogens is 1. The Bertz CT molecular complexity index is 753. The van der Waals surface area contributed by atoms with Crippen molar-refractivity contribution < 1.29 is 9.59 Å². The summed E-state index contributed by atoms with van der Waals surface area (Å²) in [5, 5.41) is 0. The first-order valence-corrected chi connectivity index (χ1v) is 7.57. The van der Waals surface area contributed by atoms with E-state index in [1.807, 2.05) is 6.07 Å². The highest BCUT2D eigenvalue weighted by Crippen LogP contribution is 2.39. The molecule has 2 aliphatic rings. The van der Waals surface area contributed by atoms with Crippen molar-refractivity contribution in [3.63, 3.8) is 0 Å². The second-order valence-electron chi connectivity index (χ2n) is 5.28. The third-order valence-electron chi connectivity index (χ3n) is 4.11. The topological polar surface area (TPSA) is 50.3 Å². The van der Waals surface area contributed by atoms with Gasteiger partial charge in [0, 0.05) is 10.7 Å². The zero-order chi connectivity index (χ0) is 14.6. The molecule has 104 valence electrons. The van der Waals surface area contributed by atoms with Gasteiger partial charge in [-0.1, -0.05) is 12.1 Å². The Morgan fingerprint density at radius 1 is 1.14 bits per heavy atom.